The predicted molar refractivity (Wildman–Crippen MR) is 138 cm³/mol. The third kappa shape index (κ3) is 6.51. The molecule has 182 valence electrons. The van der Waals surface area contributed by atoms with Crippen LogP contribution >= 0.6 is 0 Å². The Bertz CT molecular complexity index is 1300. The van der Waals surface area contributed by atoms with E-state index in [1.54, 1.807) is 19.2 Å². The summed E-state index contributed by atoms with van der Waals surface area (Å²) in [5, 5.41) is 12.2. The molecule has 0 bridgehead atoms. The van der Waals surface area contributed by atoms with Gasteiger partial charge in [-0.15, -0.1) is 0 Å². The maximum atomic E-state index is 12.7. The molecule has 0 aliphatic carbocycles. The molecule has 2 N–H and O–H groups in total. The number of carboxylic acid groups (broad SMARTS) is 1. The second-order valence-corrected chi connectivity index (χ2v) is 8.30. The highest BCUT2D eigenvalue weighted by molar-refractivity contribution is 5.97. The first-order valence-corrected chi connectivity index (χ1v) is 11.6. The highest BCUT2D eigenvalue weighted by Crippen LogP contribution is 2.24. The molecule has 6 heteroatoms. The summed E-state index contributed by atoms with van der Waals surface area (Å²) in [7, 11) is 1.64. The summed E-state index contributed by atoms with van der Waals surface area (Å²) in [5.74, 6) is 0.0395. The summed E-state index contributed by atoms with van der Waals surface area (Å²) in [6.45, 7) is 0.433. The van der Waals surface area contributed by atoms with Crippen LogP contribution in [0.5, 0.6) is 11.5 Å². The first kappa shape index (κ1) is 24.5. The van der Waals surface area contributed by atoms with Gasteiger partial charge in [-0.2, -0.15) is 0 Å². The molecule has 0 fully saturated rings. The van der Waals surface area contributed by atoms with Crippen molar-refractivity contribution in [3.63, 3.8) is 0 Å². The lowest BCUT2D eigenvalue weighted by atomic mass is 10.0. The SMILES string of the molecule is COc1cccc(COc2ccc(-c3ccc(C(=O)NC(Cc4ccccc4)C(=O)O)cc3)cc2)c1. The van der Waals surface area contributed by atoms with E-state index in [1.807, 2.05) is 91.0 Å². The fourth-order valence-electron chi connectivity index (χ4n) is 3.78. The first-order chi connectivity index (χ1) is 17.5. The molecular weight excluding hydrogens is 454 g/mol. The summed E-state index contributed by atoms with van der Waals surface area (Å²) >= 11 is 0. The third-order valence-corrected chi connectivity index (χ3v) is 5.76. The van der Waals surface area contributed by atoms with Crippen LogP contribution in [0.2, 0.25) is 0 Å². The summed E-state index contributed by atoms with van der Waals surface area (Å²) in [6, 6.07) is 30.7. The monoisotopic (exact) mass is 481 g/mol. The van der Waals surface area contributed by atoms with E-state index < -0.39 is 17.9 Å². The number of aliphatic carboxylic acids is 1. The van der Waals surface area contributed by atoms with Gasteiger partial charge in [-0.3, -0.25) is 4.79 Å². The van der Waals surface area contributed by atoms with Gasteiger partial charge in [0.25, 0.3) is 5.91 Å². The van der Waals surface area contributed by atoms with Gasteiger partial charge in [-0.1, -0.05) is 66.7 Å². The molecule has 0 aromatic heterocycles. The van der Waals surface area contributed by atoms with Crippen LogP contribution in [0.3, 0.4) is 0 Å². The highest BCUT2D eigenvalue weighted by atomic mass is 16.5. The van der Waals surface area contributed by atoms with Crippen molar-refractivity contribution < 1.29 is 24.2 Å². The molecule has 0 saturated carbocycles. The van der Waals surface area contributed by atoms with Gasteiger partial charge in [-0.25, -0.2) is 4.79 Å². The van der Waals surface area contributed by atoms with E-state index in [0.717, 1.165) is 33.8 Å². The molecule has 1 unspecified atom stereocenters. The van der Waals surface area contributed by atoms with Gasteiger partial charge in [0.05, 0.1) is 7.11 Å². The molecule has 0 heterocycles. The van der Waals surface area contributed by atoms with Gasteiger partial charge in [0.2, 0.25) is 0 Å². The second kappa shape index (κ2) is 11.7. The van der Waals surface area contributed by atoms with Crippen LogP contribution in [0.4, 0.5) is 0 Å². The average Bonchev–Trinajstić information content (AvgIpc) is 2.92. The van der Waals surface area contributed by atoms with Crippen molar-refractivity contribution in [2.24, 2.45) is 0 Å². The van der Waals surface area contributed by atoms with Crippen LogP contribution in [-0.2, 0) is 17.8 Å². The molecule has 6 nitrogen and oxygen atoms in total. The number of carboxylic acids is 1. The van der Waals surface area contributed by atoms with E-state index in [9.17, 15) is 14.7 Å². The Hall–Kier alpha value is -4.58. The Balaban J connectivity index is 1.36. The molecule has 4 aromatic rings. The molecule has 4 rings (SSSR count). The Morgan fingerprint density at radius 2 is 1.42 bits per heavy atom. The topological polar surface area (TPSA) is 84.9 Å². The largest absolute Gasteiger partial charge is 0.497 e. The van der Waals surface area contributed by atoms with Crippen molar-refractivity contribution in [1.82, 2.24) is 5.32 Å². The molecule has 1 amide bonds. The minimum atomic E-state index is -1.07. The van der Waals surface area contributed by atoms with Crippen molar-refractivity contribution in [2.75, 3.05) is 7.11 Å². The number of hydrogen-bond donors (Lipinski definition) is 2. The van der Waals surface area contributed by atoms with Crippen LogP contribution in [0.1, 0.15) is 21.5 Å². The lowest BCUT2D eigenvalue weighted by molar-refractivity contribution is -0.139. The summed E-state index contributed by atoms with van der Waals surface area (Å²) in [5.41, 5.74) is 4.17. The summed E-state index contributed by atoms with van der Waals surface area (Å²) < 4.78 is 11.1. The van der Waals surface area contributed by atoms with Crippen LogP contribution in [0.25, 0.3) is 11.1 Å². The second-order valence-electron chi connectivity index (χ2n) is 8.30. The number of carbonyl (C=O) groups is 2. The van der Waals surface area contributed by atoms with E-state index in [4.69, 9.17) is 9.47 Å². The van der Waals surface area contributed by atoms with Crippen molar-refractivity contribution in [2.45, 2.75) is 19.1 Å². The van der Waals surface area contributed by atoms with E-state index >= 15 is 0 Å². The lowest BCUT2D eigenvalue weighted by Gasteiger charge is -2.15. The number of hydrogen-bond acceptors (Lipinski definition) is 4. The standard InChI is InChI=1S/C30H27NO5/c1-35-27-9-5-8-22(18-27)20-36-26-16-14-24(15-17-26)23-10-12-25(13-11-23)29(32)31-28(30(33)34)19-21-6-3-2-4-7-21/h2-18,28H,19-20H2,1H3,(H,31,32)(H,33,34). The summed E-state index contributed by atoms with van der Waals surface area (Å²) in [6.07, 6.45) is 0.215. The first-order valence-electron chi connectivity index (χ1n) is 11.6. The zero-order chi connectivity index (χ0) is 25.3. The normalized spacial score (nSPS) is 11.4. The summed E-state index contributed by atoms with van der Waals surface area (Å²) in [4.78, 5) is 24.3. The van der Waals surface area contributed by atoms with E-state index in [1.165, 1.54) is 0 Å². The Morgan fingerprint density at radius 3 is 2.06 bits per heavy atom. The number of benzene rings is 4. The molecule has 0 aliphatic rings. The van der Waals surface area contributed by atoms with Gasteiger partial charge in [0.15, 0.2) is 0 Å². The maximum absolute atomic E-state index is 12.7. The fourth-order valence-corrected chi connectivity index (χ4v) is 3.78. The van der Waals surface area contributed by atoms with Gasteiger partial charge in [0.1, 0.15) is 24.1 Å². The number of carbonyl (C=O) groups excluding carboxylic acids is 1. The maximum Gasteiger partial charge on any atom is 0.326 e. The molecule has 1 atom stereocenters. The molecule has 0 saturated heterocycles. The highest BCUT2D eigenvalue weighted by Gasteiger charge is 2.21. The van der Waals surface area contributed by atoms with E-state index in [-0.39, 0.29) is 6.42 Å². The van der Waals surface area contributed by atoms with Crippen molar-refractivity contribution in [3.05, 3.63) is 120 Å². The molecular formula is C30H27NO5. The Morgan fingerprint density at radius 1 is 0.778 bits per heavy atom. The molecule has 36 heavy (non-hydrogen) atoms. The molecule has 4 aromatic carbocycles. The van der Waals surface area contributed by atoms with Gasteiger partial charge in [0, 0.05) is 12.0 Å². The van der Waals surface area contributed by atoms with Crippen LogP contribution < -0.4 is 14.8 Å². The fraction of sp³-hybridized carbons (Fsp3) is 0.133. The van der Waals surface area contributed by atoms with Crippen molar-refractivity contribution in [1.29, 1.82) is 0 Å². The number of amides is 1. The van der Waals surface area contributed by atoms with Gasteiger partial charge in [-0.05, 0) is 58.7 Å². The molecule has 0 spiro atoms. The minimum absolute atomic E-state index is 0.215. The van der Waals surface area contributed by atoms with Crippen molar-refractivity contribution in [3.8, 4) is 22.6 Å². The third-order valence-electron chi connectivity index (χ3n) is 5.76. The average molecular weight is 482 g/mol. The zero-order valence-electron chi connectivity index (χ0n) is 19.9. The number of rotatable bonds is 10. The van der Waals surface area contributed by atoms with Crippen LogP contribution in [0, 0.1) is 0 Å². The quantitative estimate of drug-likeness (QED) is 0.318. The van der Waals surface area contributed by atoms with Crippen LogP contribution in [0.15, 0.2) is 103 Å². The van der Waals surface area contributed by atoms with Crippen LogP contribution in [-0.4, -0.2) is 30.1 Å². The minimum Gasteiger partial charge on any atom is -0.497 e. The molecule has 0 aliphatic heterocycles. The molecule has 0 radical (unpaired) electrons. The number of methoxy groups -OCH3 is 1. The zero-order valence-corrected chi connectivity index (χ0v) is 19.9. The van der Waals surface area contributed by atoms with Crippen molar-refractivity contribution >= 4 is 11.9 Å². The smallest absolute Gasteiger partial charge is 0.326 e. The predicted octanol–water partition coefficient (Wildman–Crippen LogP) is 5.37. The number of nitrogens with one attached hydrogen (secondary N) is 1. The van der Waals surface area contributed by atoms with E-state index in [2.05, 4.69) is 5.32 Å². The van der Waals surface area contributed by atoms with Gasteiger partial charge < -0.3 is 19.9 Å². The Labute approximate surface area is 210 Å². The van der Waals surface area contributed by atoms with E-state index in [0.29, 0.717) is 12.2 Å². The van der Waals surface area contributed by atoms with Gasteiger partial charge >= 0.3 is 5.97 Å². The lowest BCUT2D eigenvalue weighted by Crippen LogP contribution is -2.42. The Kier molecular flexibility index (Phi) is 7.98. The number of ether oxygens (including phenoxy) is 2.